The molecule has 0 fully saturated rings. The Kier molecular flexibility index (Phi) is 2.48. The molecular formula is C12H18N6. The van der Waals surface area contributed by atoms with Gasteiger partial charge in [0.15, 0.2) is 5.82 Å². The van der Waals surface area contributed by atoms with Crippen molar-refractivity contribution in [3.05, 3.63) is 17.2 Å². The molecule has 0 radical (unpaired) electrons. The molecule has 0 amide bonds. The molecule has 0 aromatic carbocycles. The number of rotatable bonds is 1. The molecular weight excluding hydrogens is 228 g/mol. The van der Waals surface area contributed by atoms with Crippen LogP contribution in [-0.4, -0.2) is 30.6 Å². The summed E-state index contributed by atoms with van der Waals surface area (Å²) < 4.78 is 4.03. The van der Waals surface area contributed by atoms with Gasteiger partial charge in [-0.2, -0.15) is 5.10 Å². The van der Waals surface area contributed by atoms with E-state index in [9.17, 15) is 0 Å². The smallest absolute Gasteiger partial charge is 0.167 e. The number of nitrogens with two attached hydrogens (primary N) is 1. The molecule has 18 heavy (non-hydrogen) atoms. The SMILES string of the molecule is Cc1nn(C)c(C)c1-c1nnc2n1CC(N)CC2. The summed E-state index contributed by atoms with van der Waals surface area (Å²) >= 11 is 0. The standard InChI is InChI=1S/C12H18N6/c1-7-11(8(2)17(3)16-7)12-15-14-10-5-4-9(13)6-18(10)12/h9H,4-6,13H2,1-3H3. The number of fused-ring (bicyclic) bond motifs is 1. The second-order valence-corrected chi connectivity index (χ2v) is 5.02. The minimum Gasteiger partial charge on any atom is -0.326 e. The van der Waals surface area contributed by atoms with Gasteiger partial charge in [0, 0.05) is 31.7 Å². The number of aryl methyl sites for hydroxylation is 3. The highest BCUT2D eigenvalue weighted by Gasteiger charge is 2.24. The van der Waals surface area contributed by atoms with Crippen LogP contribution in [0.3, 0.4) is 0 Å². The minimum atomic E-state index is 0.199. The van der Waals surface area contributed by atoms with Crippen molar-refractivity contribution in [2.75, 3.05) is 0 Å². The monoisotopic (exact) mass is 246 g/mol. The highest BCUT2D eigenvalue weighted by Crippen LogP contribution is 2.27. The molecule has 96 valence electrons. The van der Waals surface area contributed by atoms with Crippen LogP contribution >= 0.6 is 0 Å². The number of hydrogen-bond acceptors (Lipinski definition) is 4. The summed E-state index contributed by atoms with van der Waals surface area (Å²) in [5.41, 5.74) is 9.23. The van der Waals surface area contributed by atoms with E-state index in [0.717, 1.165) is 48.0 Å². The van der Waals surface area contributed by atoms with E-state index in [0.29, 0.717) is 0 Å². The van der Waals surface area contributed by atoms with Gasteiger partial charge in [-0.15, -0.1) is 10.2 Å². The topological polar surface area (TPSA) is 74.5 Å². The average Bonchev–Trinajstić information content (AvgIpc) is 2.82. The first-order chi connectivity index (χ1) is 8.58. The molecule has 1 atom stereocenters. The van der Waals surface area contributed by atoms with Crippen molar-refractivity contribution in [1.82, 2.24) is 24.5 Å². The third-order valence-corrected chi connectivity index (χ3v) is 3.72. The van der Waals surface area contributed by atoms with Gasteiger partial charge in [0.25, 0.3) is 0 Å². The Balaban J connectivity index is 2.15. The molecule has 6 heteroatoms. The summed E-state index contributed by atoms with van der Waals surface area (Å²) in [4.78, 5) is 0. The highest BCUT2D eigenvalue weighted by molar-refractivity contribution is 5.61. The summed E-state index contributed by atoms with van der Waals surface area (Å²) in [7, 11) is 1.95. The van der Waals surface area contributed by atoms with Crippen molar-refractivity contribution < 1.29 is 0 Å². The summed E-state index contributed by atoms with van der Waals surface area (Å²) in [6.45, 7) is 4.86. The van der Waals surface area contributed by atoms with Gasteiger partial charge in [-0.3, -0.25) is 4.68 Å². The maximum Gasteiger partial charge on any atom is 0.167 e. The first-order valence-corrected chi connectivity index (χ1v) is 6.26. The lowest BCUT2D eigenvalue weighted by atomic mass is 10.1. The van der Waals surface area contributed by atoms with E-state index in [4.69, 9.17) is 5.73 Å². The summed E-state index contributed by atoms with van der Waals surface area (Å²) in [5, 5.41) is 13.1. The highest BCUT2D eigenvalue weighted by atomic mass is 15.3. The van der Waals surface area contributed by atoms with Crippen LogP contribution in [0.4, 0.5) is 0 Å². The van der Waals surface area contributed by atoms with Crippen LogP contribution in [0.25, 0.3) is 11.4 Å². The third kappa shape index (κ3) is 1.56. The zero-order valence-corrected chi connectivity index (χ0v) is 11.0. The molecule has 0 bridgehead atoms. The molecule has 1 aliphatic heterocycles. The van der Waals surface area contributed by atoms with E-state index in [-0.39, 0.29) is 6.04 Å². The Labute approximate surface area is 106 Å². The largest absolute Gasteiger partial charge is 0.326 e. The van der Waals surface area contributed by atoms with Crippen molar-refractivity contribution in [3.63, 3.8) is 0 Å². The van der Waals surface area contributed by atoms with E-state index in [1.807, 2.05) is 18.7 Å². The Bertz CT molecular complexity index is 594. The molecule has 1 aliphatic rings. The predicted octanol–water partition coefficient (Wildman–Crippen LogP) is 0.569. The zero-order valence-electron chi connectivity index (χ0n) is 11.0. The van der Waals surface area contributed by atoms with Crippen LogP contribution in [0.5, 0.6) is 0 Å². The fraction of sp³-hybridized carbons (Fsp3) is 0.583. The molecule has 1 unspecified atom stereocenters. The van der Waals surface area contributed by atoms with Gasteiger partial charge in [0.05, 0.1) is 11.3 Å². The Morgan fingerprint density at radius 2 is 2.06 bits per heavy atom. The second-order valence-electron chi connectivity index (χ2n) is 5.02. The van der Waals surface area contributed by atoms with Crippen LogP contribution in [0, 0.1) is 13.8 Å². The van der Waals surface area contributed by atoms with Gasteiger partial charge in [0.1, 0.15) is 5.82 Å². The van der Waals surface area contributed by atoms with Gasteiger partial charge in [-0.1, -0.05) is 0 Å². The fourth-order valence-electron chi connectivity index (χ4n) is 2.63. The molecule has 3 heterocycles. The van der Waals surface area contributed by atoms with Gasteiger partial charge in [-0.25, -0.2) is 0 Å². The van der Waals surface area contributed by atoms with E-state index in [1.165, 1.54) is 0 Å². The predicted molar refractivity (Wildman–Crippen MR) is 68.0 cm³/mol. The van der Waals surface area contributed by atoms with Crippen LogP contribution in [0.15, 0.2) is 0 Å². The van der Waals surface area contributed by atoms with Crippen molar-refractivity contribution in [2.24, 2.45) is 12.8 Å². The fourth-order valence-corrected chi connectivity index (χ4v) is 2.63. The number of hydrogen-bond donors (Lipinski definition) is 1. The lowest BCUT2D eigenvalue weighted by Gasteiger charge is -2.20. The Hall–Kier alpha value is -1.69. The molecule has 2 aromatic rings. The van der Waals surface area contributed by atoms with Gasteiger partial charge in [-0.05, 0) is 20.3 Å². The molecule has 0 saturated heterocycles. The normalized spacial score (nSPS) is 19.0. The number of nitrogens with zero attached hydrogens (tertiary/aromatic N) is 5. The molecule has 0 aliphatic carbocycles. The van der Waals surface area contributed by atoms with Crippen LogP contribution in [0.2, 0.25) is 0 Å². The van der Waals surface area contributed by atoms with E-state index in [2.05, 4.69) is 26.8 Å². The summed E-state index contributed by atoms with van der Waals surface area (Å²) in [6, 6.07) is 0.199. The van der Waals surface area contributed by atoms with Gasteiger partial charge >= 0.3 is 0 Å². The molecule has 2 N–H and O–H groups in total. The van der Waals surface area contributed by atoms with Crippen molar-refractivity contribution in [1.29, 1.82) is 0 Å². The van der Waals surface area contributed by atoms with Crippen LogP contribution < -0.4 is 5.73 Å². The second kappa shape index (κ2) is 3.91. The van der Waals surface area contributed by atoms with Crippen molar-refractivity contribution in [3.8, 4) is 11.4 Å². The van der Waals surface area contributed by atoms with Crippen LogP contribution in [-0.2, 0) is 20.0 Å². The molecule has 3 rings (SSSR count). The molecule has 6 nitrogen and oxygen atoms in total. The first kappa shape index (κ1) is 11.4. The summed E-state index contributed by atoms with van der Waals surface area (Å²) in [6.07, 6.45) is 1.90. The van der Waals surface area contributed by atoms with Crippen molar-refractivity contribution >= 4 is 0 Å². The number of aromatic nitrogens is 5. The van der Waals surface area contributed by atoms with Gasteiger partial charge in [0.2, 0.25) is 0 Å². The zero-order chi connectivity index (χ0) is 12.9. The molecule has 0 spiro atoms. The molecule has 0 saturated carbocycles. The maximum absolute atomic E-state index is 6.04. The van der Waals surface area contributed by atoms with E-state index >= 15 is 0 Å². The van der Waals surface area contributed by atoms with E-state index in [1.54, 1.807) is 0 Å². The van der Waals surface area contributed by atoms with Crippen molar-refractivity contribution in [2.45, 2.75) is 39.3 Å². The van der Waals surface area contributed by atoms with E-state index < -0.39 is 0 Å². The summed E-state index contributed by atoms with van der Waals surface area (Å²) in [5.74, 6) is 1.94. The third-order valence-electron chi connectivity index (χ3n) is 3.72. The molecule has 2 aromatic heterocycles. The van der Waals surface area contributed by atoms with Crippen LogP contribution in [0.1, 0.15) is 23.6 Å². The Morgan fingerprint density at radius 3 is 2.72 bits per heavy atom. The first-order valence-electron chi connectivity index (χ1n) is 6.26. The average molecular weight is 246 g/mol. The quantitative estimate of drug-likeness (QED) is 0.798. The Morgan fingerprint density at radius 1 is 1.28 bits per heavy atom. The van der Waals surface area contributed by atoms with Gasteiger partial charge < -0.3 is 10.3 Å². The maximum atomic E-state index is 6.04. The lowest BCUT2D eigenvalue weighted by molar-refractivity contribution is 0.456. The minimum absolute atomic E-state index is 0.199. The lowest BCUT2D eigenvalue weighted by Crippen LogP contribution is -2.32.